The first kappa shape index (κ1) is 22.5. The largest absolute Gasteiger partial charge is 0.573 e. The molecule has 6 nitrogen and oxygen atoms in total. The summed E-state index contributed by atoms with van der Waals surface area (Å²) in [4.78, 5) is 2.18. The molecule has 2 heterocycles. The number of anilines is 2. The summed E-state index contributed by atoms with van der Waals surface area (Å²) in [5.74, 6) is 0.507. The Morgan fingerprint density at radius 3 is 2.66 bits per heavy atom. The van der Waals surface area contributed by atoms with Crippen LogP contribution in [0.5, 0.6) is 5.75 Å². The lowest BCUT2D eigenvalue weighted by molar-refractivity contribution is -0.274. The van der Waals surface area contributed by atoms with Crippen LogP contribution in [0, 0.1) is 0 Å². The Bertz CT molecular complexity index is 1120. The highest BCUT2D eigenvalue weighted by molar-refractivity contribution is 9.10. The molecule has 0 radical (unpaired) electrons. The Morgan fingerprint density at radius 1 is 1.16 bits per heavy atom. The number of para-hydroxylation sites is 2. The zero-order chi connectivity index (χ0) is 22.7. The van der Waals surface area contributed by atoms with Crippen LogP contribution in [-0.2, 0) is 0 Å². The Hall–Kier alpha value is -2.66. The summed E-state index contributed by atoms with van der Waals surface area (Å²) in [6.45, 7) is 1.50. The van der Waals surface area contributed by atoms with Crippen molar-refractivity contribution in [1.29, 1.82) is 0 Å². The van der Waals surface area contributed by atoms with Gasteiger partial charge in [0.15, 0.2) is 16.7 Å². The zero-order valence-electron chi connectivity index (χ0n) is 16.7. The Balaban J connectivity index is 1.36. The van der Waals surface area contributed by atoms with Crippen molar-refractivity contribution in [3.63, 3.8) is 0 Å². The fourth-order valence-corrected chi connectivity index (χ4v) is 4.30. The minimum Gasteiger partial charge on any atom is -0.404 e. The van der Waals surface area contributed by atoms with Crippen LogP contribution >= 0.6 is 28.1 Å². The van der Waals surface area contributed by atoms with Crippen LogP contribution in [0.15, 0.2) is 53.1 Å². The predicted octanol–water partition coefficient (Wildman–Crippen LogP) is 5.25. The van der Waals surface area contributed by atoms with E-state index in [1.165, 1.54) is 18.2 Å². The van der Waals surface area contributed by atoms with E-state index < -0.39 is 6.36 Å². The number of piperidine rings is 1. The van der Waals surface area contributed by atoms with Gasteiger partial charge in [0.05, 0.1) is 11.9 Å². The van der Waals surface area contributed by atoms with Gasteiger partial charge < -0.3 is 20.3 Å². The summed E-state index contributed by atoms with van der Waals surface area (Å²) >= 11 is 8.79. The summed E-state index contributed by atoms with van der Waals surface area (Å²) in [7, 11) is 0. The van der Waals surface area contributed by atoms with Gasteiger partial charge in [0.2, 0.25) is 0 Å². The normalized spacial score (nSPS) is 14.9. The van der Waals surface area contributed by atoms with Crippen molar-refractivity contribution in [2.24, 2.45) is 0 Å². The van der Waals surface area contributed by atoms with Gasteiger partial charge in [-0.15, -0.1) is 18.3 Å². The van der Waals surface area contributed by atoms with Crippen molar-refractivity contribution < 1.29 is 17.9 Å². The van der Waals surface area contributed by atoms with Gasteiger partial charge in [0.1, 0.15) is 0 Å². The Kier molecular flexibility index (Phi) is 6.66. The van der Waals surface area contributed by atoms with Crippen LogP contribution in [0.2, 0.25) is 0 Å². The third-order valence-corrected chi connectivity index (χ3v) is 5.81. The lowest BCUT2D eigenvalue weighted by Gasteiger charge is -2.34. The van der Waals surface area contributed by atoms with Crippen molar-refractivity contribution in [3.8, 4) is 5.75 Å². The zero-order valence-corrected chi connectivity index (χ0v) is 19.1. The van der Waals surface area contributed by atoms with E-state index in [4.69, 9.17) is 12.2 Å². The summed E-state index contributed by atoms with van der Waals surface area (Å²) in [5, 5.41) is 16.8. The minimum absolute atomic E-state index is 0.0824. The standard InChI is InChI=1S/C21H19BrF3N5OS/c22-14-5-6-16-13(11-14)12-26-29-19(16)30-9-7-15(8-10-30)27-20(32)28-17-3-1-2-4-18(17)31-21(23,24)25/h1-6,11-12,15H,7-10H2,(H2,27,28,32). The molecule has 168 valence electrons. The van der Waals surface area contributed by atoms with E-state index in [0.717, 1.165) is 47.0 Å². The summed E-state index contributed by atoms with van der Waals surface area (Å²) in [6.07, 6.45) is -1.46. The summed E-state index contributed by atoms with van der Waals surface area (Å²) in [5.41, 5.74) is 0.150. The molecule has 0 bridgehead atoms. The first-order chi connectivity index (χ1) is 15.3. The van der Waals surface area contributed by atoms with Gasteiger partial charge in [-0.25, -0.2) is 0 Å². The third-order valence-electron chi connectivity index (χ3n) is 5.09. The smallest absolute Gasteiger partial charge is 0.404 e. The number of benzene rings is 2. The van der Waals surface area contributed by atoms with Crippen molar-refractivity contribution in [2.45, 2.75) is 25.2 Å². The highest BCUT2D eigenvalue weighted by Crippen LogP contribution is 2.30. The fourth-order valence-electron chi connectivity index (χ4n) is 3.64. The molecule has 3 aromatic rings. The minimum atomic E-state index is -4.78. The SMILES string of the molecule is FC(F)(F)Oc1ccccc1NC(=S)NC1CCN(c2nncc3cc(Br)ccc23)CC1. The molecule has 1 fully saturated rings. The van der Waals surface area contributed by atoms with E-state index in [0.29, 0.717) is 0 Å². The van der Waals surface area contributed by atoms with Gasteiger partial charge in [-0.05, 0) is 55.4 Å². The maximum Gasteiger partial charge on any atom is 0.573 e. The van der Waals surface area contributed by atoms with E-state index in [1.807, 2.05) is 18.2 Å². The van der Waals surface area contributed by atoms with Crippen LogP contribution in [0.1, 0.15) is 12.8 Å². The molecule has 1 saturated heterocycles. The number of rotatable bonds is 4. The van der Waals surface area contributed by atoms with Gasteiger partial charge in [-0.2, -0.15) is 5.10 Å². The number of alkyl halides is 3. The fraction of sp³-hybridized carbons (Fsp3) is 0.286. The second kappa shape index (κ2) is 9.45. The molecule has 11 heteroatoms. The summed E-state index contributed by atoms with van der Waals surface area (Å²) in [6, 6.07) is 11.9. The molecule has 2 aromatic carbocycles. The molecule has 0 unspecified atom stereocenters. The number of nitrogens with one attached hydrogen (secondary N) is 2. The van der Waals surface area contributed by atoms with Gasteiger partial charge >= 0.3 is 6.36 Å². The van der Waals surface area contributed by atoms with E-state index in [9.17, 15) is 13.2 Å². The average molecular weight is 526 g/mol. The lowest BCUT2D eigenvalue weighted by Crippen LogP contribution is -2.46. The molecular formula is C21H19BrF3N5OS. The van der Waals surface area contributed by atoms with Gasteiger partial charge in [-0.1, -0.05) is 28.1 Å². The molecule has 0 saturated carbocycles. The lowest BCUT2D eigenvalue weighted by atomic mass is 10.0. The van der Waals surface area contributed by atoms with Crippen LogP contribution in [0.4, 0.5) is 24.7 Å². The number of hydrogen-bond acceptors (Lipinski definition) is 5. The van der Waals surface area contributed by atoms with Gasteiger partial charge in [0, 0.05) is 34.4 Å². The maximum atomic E-state index is 12.6. The van der Waals surface area contributed by atoms with E-state index in [-0.39, 0.29) is 22.6 Å². The van der Waals surface area contributed by atoms with Crippen LogP contribution in [0.3, 0.4) is 0 Å². The maximum absolute atomic E-state index is 12.6. The molecule has 0 aliphatic carbocycles. The average Bonchev–Trinajstić information content (AvgIpc) is 2.74. The van der Waals surface area contributed by atoms with E-state index in [2.05, 4.69) is 46.4 Å². The molecule has 4 rings (SSSR count). The molecule has 2 N–H and O–H groups in total. The number of hydrogen-bond donors (Lipinski definition) is 2. The monoisotopic (exact) mass is 525 g/mol. The van der Waals surface area contributed by atoms with Crippen molar-refractivity contribution >= 4 is 55.5 Å². The quantitative estimate of drug-likeness (QED) is 0.451. The number of nitrogens with zero attached hydrogens (tertiary/aromatic N) is 3. The molecular weight excluding hydrogens is 507 g/mol. The molecule has 1 aliphatic heterocycles. The second-order valence-electron chi connectivity index (χ2n) is 7.30. The Morgan fingerprint density at radius 2 is 1.91 bits per heavy atom. The van der Waals surface area contributed by atoms with Crippen LogP contribution < -0.4 is 20.3 Å². The first-order valence-corrected chi connectivity index (χ1v) is 11.1. The highest BCUT2D eigenvalue weighted by Gasteiger charge is 2.32. The molecule has 1 aromatic heterocycles. The van der Waals surface area contributed by atoms with E-state index >= 15 is 0 Å². The second-order valence-corrected chi connectivity index (χ2v) is 8.63. The predicted molar refractivity (Wildman–Crippen MR) is 125 cm³/mol. The topological polar surface area (TPSA) is 62.3 Å². The number of aromatic nitrogens is 2. The summed E-state index contributed by atoms with van der Waals surface area (Å²) < 4.78 is 42.9. The highest BCUT2D eigenvalue weighted by atomic mass is 79.9. The number of ether oxygens (including phenoxy) is 1. The first-order valence-electron chi connectivity index (χ1n) is 9.87. The number of fused-ring (bicyclic) bond motifs is 1. The molecule has 32 heavy (non-hydrogen) atoms. The third kappa shape index (κ3) is 5.57. The number of halogens is 4. The van der Waals surface area contributed by atoms with Crippen LogP contribution in [0.25, 0.3) is 10.8 Å². The van der Waals surface area contributed by atoms with Gasteiger partial charge in [-0.3, -0.25) is 0 Å². The molecule has 0 spiro atoms. The van der Waals surface area contributed by atoms with E-state index in [1.54, 1.807) is 12.3 Å². The van der Waals surface area contributed by atoms with Crippen molar-refractivity contribution in [2.75, 3.05) is 23.3 Å². The Labute approximate surface area is 196 Å². The van der Waals surface area contributed by atoms with Gasteiger partial charge in [0.25, 0.3) is 0 Å². The van der Waals surface area contributed by atoms with Crippen molar-refractivity contribution in [1.82, 2.24) is 15.5 Å². The molecule has 0 atom stereocenters. The molecule has 0 amide bonds. The number of thiocarbonyl (C=S) groups is 1. The molecule has 1 aliphatic rings. The van der Waals surface area contributed by atoms with Crippen LogP contribution in [-0.4, -0.2) is 40.8 Å². The van der Waals surface area contributed by atoms with Crippen molar-refractivity contribution in [3.05, 3.63) is 53.1 Å².